The molecule has 3 N–H and O–H groups in total. The predicted octanol–water partition coefficient (Wildman–Crippen LogP) is 4.62. The summed E-state index contributed by atoms with van der Waals surface area (Å²) in [5, 5.41) is 20.9. The van der Waals surface area contributed by atoms with Gasteiger partial charge in [-0.2, -0.15) is 5.10 Å². The van der Waals surface area contributed by atoms with Crippen molar-refractivity contribution >= 4 is 34.8 Å². The molecule has 0 spiro atoms. The molecule has 3 heterocycles. The van der Waals surface area contributed by atoms with Crippen LogP contribution in [0.1, 0.15) is 27.9 Å². The molecule has 0 bridgehead atoms. The van der Waals surface area contributed by atoms with Crippen molar-refractivity contribution in [2.75, 3.05) is 25.6 Å². The van der Waals surface area contributed by atoms with Gasteiger partial charge in [-0.25, -0.2) is 9.67 Å². The molecule has 0 radical (unpaired) electrons. The second-order valence-corrected chi connectivity index (χ2v) is 11.0. The summed E-state index contributed by atoms with van der Waals surface area (Å²) in [4.78, 5) is 30.3. The van der Waals surface area contributed by atoms with Crippen LogP contribution in [-0.4, -0.2) is 58.2 Å². The van der Waals surface area contributed by atoms with Crippen molar-refractivity contribution in [3.05, 3.63) is 91.8 Å². The van der Waals surface area contributed by atoms with Gasteiger partial charge in [-0.15, -0.1) is 0 Å². The molecule has 2 atom stereocenters. The number of amides is 1. The van der Waals surface area contributed by atoms with Gasteiger partial charge in [-0.05, 0) is 31.0 Å². The van der Waals surface area contributed by atoms with Crippen molar-refractivity contribution in [1.82, 2.24) is 20.1 Å². The van der Waals surface area contributed by atoms with Crippen LogP contribution < -0.4 is 20.9 Å². The summed E-state index contributed by atoms with van der Waals surface area (Å²) in [6.07, 6.45) is 1.61. The molecule has 1 aliphatic rings. The summed E-state index contributed by atoms with van der Waals surface area (Å²) in [7, 11) is 3.04. The van der Waals surface area contributed by atoms with Crippen LogP contribution >= 0.6 is 23.2 Å². The van der Waals surface area contributed by atoms with Crippen LogP contribution in [0, 0.1) is 6.92 Å². The average molecular weight is 625 g/mol. The number of ether oxygens (including phenoxy) is 2. The fraction of sp³-hybridized carbons (Fsp3) is 0.290. The normalized spacial score (nSPS) is 16.6. The van der Waals surface area contributed by atoms with Crippen LogP contribution in [-0.2, 0) is 18.3 Å². The number of rotatable bonds is 8. The zero-order valence-corrected chi connectivity index (χ0v) is 25.4. The molecule has 2 aromatic carbocycles. The first-order valence-electron chi connectivity index (χ1n) is 13.6. The number of hydrogen-bond donors (Lipinski definition) is 3. The van der Waals surface area contributed by atoms with Crippen LogP contribution in [0.15, 0.2) is 59.5 Å². The minimum atomic E-state index is -0.586. The highest BCUT2D eigenvalue weighted by atomic mass is 35.5. The number of nitrogens with zero attached hydrogens (tertiary/aromatic N) is 3. The number of aliphatic hydroxyl groups is 1. The van der Waals surface area contributed by atoms with Gasteiger partial charge in [0.1, 0.15) is 5.56 Å². The van der Waals surface area contributed by atoms with E-state index < -0.39 is 17.6 Å². The second-order valence-electron chi connectivity index (χ2n) is 10.2. The lowest BCUT2D eigenvalue weighted by molar-refractivity contribution is -0.0281. The van der Waals surface area contributed by atoms with Gasteiger partial charge in [0, 0.05) is 48.5 Å². The first-order chi connectivity index (χ1) is 20.7. The number of aryl methyl sites for hydroxylation is 2. The Balaban J connectivity index is 1.42. The molecular formula is C31H31Cl2N5O5. The van der Waals surface area contributed by atoms with Gasteiger partial charge in [-0.3, -0.25) is 9.59 Å². The highest BCUT2D eigenvalue weighted by Crippen LogP contribution is 2.41. The molecule has 224 valence electrons. The van der Waals surface area contributed by atoms with Crippen LogP contribution in [0.2, 0.25) is 10.0 Å². The molecule has 10 nitrogen and oxygen atoms in total. The van der Waals surface area contributed by atoms with E-state index in [0.29, 0.717) is 70.7 Å². The highest BCUT2D eigenvalue weighted by Gasteiger charge is 2.24. The lowest BCUT2D eigenvalue weighted by Gasteiger charge is -2.28. The van der Waals surface area contributed by atoms with Gasteiger partial charge in [-0.1, -0.05) is 59.6 Å². The first-order valence-corrected chi connectivity index (χ1v) is 14.4. The fourth-order valence-electron chi connectivity index (χ4n) is 4.99. The maximum atomic E-state index is 13.1. The standard InChI is InChI=1S/C31H31Cl2N5O5/c1-17-14-35-38(2)31(41)26(17)29(40)36-24-9-5-7-20(28(24)33)19-6-4-8-21(27(19)32)22-11-10-18(30(37-22)42-3)15-34-23-12-13-43-16-25(23)39/h4-11,14,23,25,34,39H,12-13,15-16H2,1-3H3,(H,36,40)/t23-,25+/m1/s1. The molecule has 0 aliphatic carbocycles. The Morgan fingerprint density at radius 3 is 2.58 bits per heavy atom. The van der Waals surface area contributed by atoms with Gasteiger partial charge >= 0.3 is 0 Å². The molecule has 5 rings (SSSR count). The van der Waals surface area contributed by atoms with E-state index in [0.717, 1.165) is 10.2 Å². The maximum absolute atomic E-state index is 13.1. The van der Waals surface area contributed by atoms with Gasteiger partial charge in [0.25, 0.3) is 11.5 Å². The van der Waals surface area contributed by atoms with Crippen LogP contribution in [0.5, 0.6) is 5.88 Å². The molecule has 1 saturated heterocycles. The van der Waals surface area contributed by atoms with E-state index in [-0.39, 0.29) is 16.6 Å². The number of pyridine rings is 1. The Hall–Kier alpha value is -3.80. The largest absolute Gasteiger partial charge is 0.481 e. The van der Waals surface area contributed by atoms with Crippen molar-refractivity contribution in [1.29, 1.82) is 0 Å². The first kappa shape index (κ1) is 30.7. The lowest BCUT2D eigenvalue weighted by Crippen LogP contribution is -2.46. The van der Waals surface area contributed by atoms with Crippen molar-refractivity contribution in [2.45, 2.75) is 32.0 Å². The molecule has 1 amide bonds. The summed E-state index contributed by atoms with van der Waals surface area (Å²) < 4.78 is 12.0. The third-order valence-corrected chi connectivity index (χ3v) is 8.19. The number of nitrogens with one attached hydrogen (secondary N) is 2. The quantitative estimate of drug-likeness (QED) is 0.259. The summed E-state index contributed by atoms with van der Waals surface area (Å²) in [5.74, 6) is -0.148. The van der Waals surface area contributed by atoms with E-state index in [2.05, 4.69) is 15.7 Å². The lowest BCUT2D eigenvalue weighted by atomic mass is 10.00. The van der Waals surface area contributed by atoms with E-state index >= 15 is 0 Å². The predicted molar refractivity (Wildman–Crippen MR) is 166 cm³/mol. The fourth-order valence-corrected chi connectivity index (χ4v) is 5.59. The Labute approximate surface area is 258 Å². The molecule has 4 aromatic rings. The molecule has 1 aliphatic heterocycles. The molecule has 12 heteroatoms. The minimum Gasteiger partial charge on any atom is -0.481 e. The molecule has 0 unspecified atom stereocenters. The van der Waals surface area contributed by atoms with E-state index in [9.17, 15) is 14.7 Å². The van der Waals surface area contributed by atoms with Crippen molar-refractivity contribution in [3.63, 3.8) is 0 Å². The van der Waals surface area contributed by atoms with E-state index in [1.165, 1.54) is 13.2 Å². The highest BCUT2D eigenvalue weighted by molar-refractivity contribution is 6.39. The number of aromatic nitrogens is 3. The Kier molecular flexibility index (Phi) is 9.43. The molecule has 2 aromatic heterocycles. The monoisotopic (exact) mass is 623 g/mol. The summed E-state index contributed by atoms with van der Waals surface area (Å²) in [6.45, 7) is 3.02. The minimum absolute atomic E-state index is 0.0124. The molecular weight excluding hydrogens is 593 g/mol. The Morgan fingerprint density at radius 1 is 1.12 bits per heavy atom. The van der Waals surface area contributed by atoms with Crippen molar-refractivity contribution in [2.24, 2.45) is 7.05 Å². The summed E-state index contributed by atoms with van der Waals surface area (Å²) >= 11 is 13.7. The number of hydrogen-bond acceptors (Lipinski definition) is 8. The van der Waals surface area contributed by atoms with Gasteiger partial charge in [0.15, 0.2) is 0 Å². The molecule has 0 saturated carbocycles. The SMILES string of the molecule is COc1nc(-c2cccc(-c3cccc(NC(=O)c4c(C)cnn(C)c4=O)c3Cl)c2Cl)ccc1CN[C@@H]1CCOC[C@@H]1O. The van der Waals surface area contributed by atoms with Gasteiger partial charge in [0.2, 0.25) is 5.88 Å². The van der Waals surface area contributed by atoms with E-state index in [1.807, 2.05) is 30.3 Å². The van der Waals surface area contributed by atoms with Crippen molar-refractivity contribution < 1.29 is 19.4 Å². The van der Waals surface area contributed by atoms with Crippen LogP contribution in [0.25, 0.3) is 22.4 Å². The summed E-state index contributed by atoms with van der Waals surface area (Å²) in [6, 6.07) is 14.4. The third-order valence-electron chi connectivity index (χ3n) is 7.38. The van der Waals surface area contributed by atoms with Gasteiger partial charge in [0.05, 0.1) is 47.4 Å². The Bertz CT molecular complexity index is 1730. The van der Waals surface area contributed by atoms with Gasteiger partial charge < -0.3 is 25.2 Å². The third kappa shape index (κ3) is 6.43. The summed E-state index contributed by atoms with van der Waals surface area (Å²) in [5.41, 5.74) is 3.59. The number of halogens is 2. The zero-order valence-electron chi connectivity index (χ0n) is 23.9. The second kappa shape index (κ2) is 13.2. The molecule has 1 fully saturated rings. The Morgan fingerprint density at radius 2 is 1.84 bits per heavy atom. The topological polar surface area (TPSA) is 128 Å². The van der Waals surface area contributed by atoms with Crippen molar-refractivity contribution in [3.8, 4) is 28.3 Å². The van der Waals surface area contributed by atoms with E-state index in [1.54, 1.807) is 32.2 Å². The van der Waals surface area contributed by atoms with E-state index in [4.69, 9.17) is 37.7 Å². The van der Waals surface area contributed by atoms with Crippen LogP contribution in [0.3, 0.4) is 0 Å². The number of carbonyl (C=O) groups excluding carboxylic acids is 1. The number of carbonyl (C=O) groups is 1. The maximum Gasteiger partial charge on any atom is 0.279 e. The zero-order chi connectivity index (χ0) is 30.7. The number of anilines is 1. The average Bonchev–Trinajstić information content (AvgIpc) is 3.00. The smallest absolute Gasteiger partial charge is 0.279 e. The van der Waals surface area contributed by atoms with Crippen LogP contribution in [0.4, 0.5) is 5.69 Å². The number of methoxy groups -OCH3 is 1. The number of aliphatic hydroxyl groups excluding tert-OH is 1. The molecule has 43 heavy (non-hydrogen) atoms. The number of benzene rings is 2.